The van der Waals surface area contributed by atoms with Crippen LogP contribution in [-0.4, -0.2) is 16.5 Å². The average Bonchev–Trinajstić information content (AvgIpc) is 3.08. The molecule has 1 atom stereocenters. The molecule has 3 nitrogen and oxygen atoms in total. The normalized spacial score (nSPS) is 12.1. The first-order valence-corrected chi connectivity index (χ1v) is 12.0. The number of carbonyl (C=O) groups is 1. The third kappa shape index (κ3) is 5.08. The van der Waals surface area contributed by atoms with Gasteiger partial charge in [0.05, 0.1) is 0 Å². The second-order valence-electron chi connectivity index (χ2n) is 8.62. The average molecular weight is 443 g/mol. The minimum absolute atomic E-state index is 0.0175. The number of hydrogen-bond acceptors (Lipinski definition) is 2. The van der Waals surface area contributed by atoms with E-state index in [0.717, 1.165) is 17.7 Å². The van der Waals surface area contributed by atoms with E-state index in [2.05, 4.69) is 92.4 Å². The first kappa shape index (κ1) is 22.2. The van der Waals surface area contributed by atoms with E-state index < -0.39 is 0 Å². The Bertz CT molecular complexity index is 1260. The number of fused-ring (bicyclic) bond motifs is 1. The third-order valence-corrected chi connectivity index (χ3v) is 7.04. The number of carbonyl (C=O) groups excluding carboxylic acids is 1. The van der Waals surface area contributed by atoms with Crippen LogP contribution in [0.2, 0.25) is 0 Å². The molecular formula is C28H30N2OS. The molecule has 0 spiro atoms. The van der Waals surface area contributed by atoms with Crippen LogP contribution < -0.4 is 5.32 Å². The van der Waals surface area contributed by atoms with Gasteiger partial charge in [0.2, 0.25) is 0 Å². The monoisotopic (exact) mass is 442 g/mol. The summed E-state index contributed by atoms with van der Waals surface area (Å²) < 4.78 is 2.15. The fraction of sp³-hybridized carbons (Fsp3) is 0.250. The number of nitrogens with one attached hydrogen (secondary N) is 1. The van der Waals surface area contributed by atoms with E-state index in [1.807, 2.05) is 30.0 Å². The predicted octanol–water partition coefficient (Wildman–Crippen LogP) is 6.45. The standard InChI is InChI=1S/C28H30N2OS/c1-19-12-13-27(20(2)14-19)32-18-22-8-7-9-23(16-22)28(31)29-21(3)15-24-17-30(4)26-11-6-5-10-25(24)26/h5-14,16-17,21H,15,18H2,1-4H3,(H,29,31). The number of aryl methyl sites for hydroxylation is 3. The van der Waals surface area contributed by atoms with Crippen LogP contribution in [0.3, 0.4) is 0 Å². The van der Waals surface area contributed by atoms with E-state index in [9.17, 15) is 4.79 Å². The first-order chi connectivity index (χ1) is 15.4. The highest BCUT2D eigenvalue weighted by Crippen LogP contribution is 2.27. The van der Waals surface area contributed by atoms with Crippen LogP contribution in [0.15, 0.2) is 77.8 Å². The molecule has 0 aliphatic carbocycles. The summed E-state index contributed by atoms with van der Waals surface area (Å²) in [6.45, 7) is 6.33. The Morgan fingerprint density at radius 1 is 1.03 bits per heavy atom. The summed E-state index contributed by atoms with van der Waals surface area (Å²) in [5.74, 6) is 0.826. The molecule has 1 heterocycles. The van der Waals surface area contributed by atoms with E-state index in [0.29, 0.717) is 5.56 Å². The van der Waals surface area contributed by atoms with Crippen molar-refractivity contribution in [2.24, 2.45) is 7.05 Å². The quantitative estimate of drug-likeness (QED) is 0.334. The number of para-hydroxylation sites is 1. The summed E-state index contributed by atoms with van der Waals surface area (Å²) in [6.07, 6.45) is 2.97. The van der Waals surface area contributed by atoms with Crippen molar-refractivity contribution < 1.29 is 4.79 Å². The van der Waals surface area contributed by atoms with E-state index in [1.165, 1.54) is 32.5 Å². The van der Waals surface area contributed by atoms with Gasteiger partial charge in [0.25, 0.3) is 5.91 Å². The highest BCUT2D eigenvalue weighted by molar-refractivity contribution is 7.98. The van der Waals surface area contributed by atoms with Gasteiger partial charge >= 0.3 is 0 Å². The van der Waals surface area contributed by atoms with Gasteiger partial charge < -0.3 is 9.88 Å². The van der Waals surface area contributed by atoms with Crippen LogP contribution in [-0.2, 0) is 19.2 Å². The van der Waals surface area contributed by atoms with Gasteiger partial charge in [0, 0.05) is 46.4 Å². The second kappa shape index (κ2) is 9.66. The van der Waals surface area contributed by atoms with Gasteiger partial charge in [-0.3, -0.25) is 4.79 Å². The van der Waals surface area contributed by atoms with E-state index >= 15 is 0 Å². The van der Waals surface area contributed by atoms with Crippen LogP contribution in [0.5, 0.6) is 0 Å². The minimum Gasteiger partial charge on any atom is -0.350 e. The zero-order chi connectivity index (χ0) is 22.7. The Morgan fingerprint density at radius 2 is 1.84 bits per heavy atom. The maximum absolute atomic E-state index is 12.9. The van der Waals surface area contributed by atoms with Crippen molar-refractivity contribution in [2.45, 2.75) is 43.9 Å². The van der Waals surface area contributed by atoms with Gasteiger partial charge in [0.1, 0.15) is 0 Å². The first-order valence-electron chi connectivity index (χ1n) is 11.0. The maximum Gasteiger partial charge on any atom is 0.251 e. The zero-order valence-electron chi connectivity index (χ0n) is 19.2. The Kier molecular flexibility index (Phi) is 6.71. The maximum atomic E-state index is 12.9. The smallest absolute Gasteiger partial charge is 0.251 e. The van der Waals surface area contributed by atoms with Crippen molar-refractivity contribution in [3.63, 3.8) is 0 Å². The number of amides is 1. The van der Waals surface area contributed by atoms with E-state index in [1.54, 1.807) is 0 Å². The van der Waals surface area contributed by atoms with Crippen molar-refractivity contribution in [2.75, 3.05) is 0 Å². The van der Waals surface area contributed by atoms with Crippen LogP contribution in [0.4, 0.5) is 0 Å². The highest BCUT2D eigenvalue weighted by atomic mass is 32.2. The van der Waals surface area contributed by atoms with E-state index in [-0.39, 0.29) is 11.9 Å². The molecule has 1 unspecified atom stereocenters. The van der Waals surface area contributed by atoms with Gasteiger partial charge in [-0.05, 0) is 68.1 Å². The number of rotatable bonds is 7. The van der Waals surface area contributed by atoms with Crippen LogP contribution in [0, 0.1) is 13.8 Å². The number of benzene rings is 3. The molecule has 1 N–H and O–H groups in total. The largest absolute Gasteiger partial charge is 0.350 e. The molecule has 1 amide bonds. The molecule has 1 aromatic heterocycles. The van der Waals surface area contributed by atoms with Crippen molar-refractivity contribution >= 4 is 28.6 Å². The number of thioether (sulfide) groups is 1. The fourth-order valence-electron chi connectivity index (χ4n) is 4.20. The third-order valence-electron chi connectivity index (χ3n) is 5.80. The van der Waals surface area contributed by atoms with Crippen molar-refractivity contribution in [3.8, 4) is 0 Å². The molecule has 4 rings (SSSR count). The minimum atomic E-state index is -0.0175. The lowest BCUT2D eigenvalue weighted by Gasteiger charge is -2.14. The second-order valence-corrected chi connectivity index (χ2v) is 9.64. The Hall–Kier alpha value is -2.98. The van der Waals surface area contributed by atoms with Gasteiger partial charge in [-0.2, -0.15) is 0 Å². The van der Waals surface area contributed by atoms with Crippen LogP contribution in [0.1, 0.15) is 39.5 Å². The summed E-state index contributed by atoms with van der Waals surface area (Å²) in [5, 5.41) is 4.43. The lowest BCUT2D eigenvalue weighted by Crippen LogP contribution is -2.34. The summed E-state index contributed by atoms with van der Waals surface area (Å²) in [6, 6.07) is 23.0. The highest BCUT2D eigenvalue weighted by Gasteiger charge is 2.14. The Balaban J connectivity index is 1.39. The molecule has 0 aliphatic heterocycles. The molecule has 0 saturated carbocycles. The van der Waals surface area contributed by atoms with Crippen molar-refractivity contribution in [1.82, 2.24) is 9.88 Å². The Morgan fingerprint density at radius 3 is 2.66 bits per heavy atom. The topological polar surface area (TPSA) is 34.0 Å². The molecule has 0 bridgehead atoms. The van der Waals surface area contributed by atoms with Gasteiger partial charge in [0.15, 0.2) is 0 Å². The summed E-state index contributed by atoms with van der Waals surface area (Å²) in [5.41, 5.74) is 6.93. The molecule has 164 valence electrons. The van der Waals surface area contributed by atoms with Gasteiger partial charge in [-0.25, -0.2) is 0 Å². The van der Waals surface area contributed by atoms with Crippen LogP contribution in [0.25, 0.3) is 10.9 Å². The molecule has 4 aromatic rings. The van der Waals surface area contributed by atoms with Gasteiger partial charge in [-0.15, -0.1) is 11.8 Å². The van der Waals surface area contributed by atoms with E-state index in [4.69, 9.17) is 0 Å². The predicted molar refractivity (Wildman–Crippen MR) is 135 cm³/mol. The van der Waals surface area contributed by atoms with Crippen LogP contribution >= 0.6 is 11.8 Å². The number of aromatic nitrogens is 1. The molecule has 0 fully saturated rings. The van der Waals surface area contributed by atoms with Crippen molar-refractivity contribution in [1.29, 1.82) is 0 Å². The molecule has 0 radical (unpaired) electrons. The molecule has 3 aromatic carbocycles. The summed E-state index contributed by atoms with van der Waals surface area (Å²) in [7, 11) is 2.07. The molecule has 0 saturated heterocycles. The molecule has 32 heavy (non-hydrogen) atoms. The molecular weight excluding hydrogens is 412 g/mol. The van der Waals surface area contributed by atoms with Gasteiger partial charge in [-0.1, -0.05) is 48.0 Å². The molecule has 0 aliphatic rings. The summed E-state index contributed by atoms with van der Waals surface area (Å²) in [4.78, 5) is 14.2. The van der Waals surface area contributed by atoms with Crippen molar-refractivity contribution in [3.05, 3.63) is 101 Å². The summed E-state index contributed by atoms with van der Waals surface area (Å²) >= 11 is 1.81. The fourth-order valence-corrected chi connectivity index (χ4v) is 5.15. The SMILES string of the molecule is Cc1ccc(SCc2cccc(C(=O)NC(C)Cc3cn(C)c4ccccc34)c2)c(C)c1. The number of nitrogens with zero attached hydrogens (tertiary/aromatic N) is 1. The zero-order valence-corrected chi connectivity index (χ0v) is 20.0. The number of hydrogen-bond donors (Lipinski definition) is 1. The lowest BCUT2D eigenvalue weighted by molar-refractivity contribution is 0.0940. The lowest BCUT2D eigenvalue weighted by atomic mass is 10.1. The molecule has 4 heteroatoms. The Labute approximate surface area is 194 Å².